The van der Waals surface area contributed by atoms with Crippen LogP contribution in [0.15, 0.2) is 61.2 Å². The molecule has 44 heavy (non-hydrogen) atoms. The van der Waals surface area contributed by atoms with Crippen molar-refractivity contribution in [1.82, 2.24) is 19.9 Å². The Kier molecular flexibility index (Phi) is 10.4. The van der Waals surface area contributed by atoms with Crippen molar-refractivity contribution in [2.75, 3.05) is 39.2 Å². The second-order valence-corrected chi connectivity index (χ2v) is 10.6. The minimum atomic E-state index is 0.386. The summed E-state index contributed by atoms with van der Waals surface area (Å²) in [4.78, 5) is 16.7. The van der Waals surface area contributed by atoms with Gasteiger partial charge >= 0.3 is 0 Å². The zero-order chi connectivity index (χ0) is 31.1. The summed E-state index contributed by atoms with van der Waals surface area (Å²) in [5.41, 5.74) is 5.22. The standard InChI is InChI=1S/C21H19ClN2O3.C11H10Cl2N2O2/c1-13-3-4-14-5-6-15(9-16(13)14)27-21-17-10-19(25-2)20(26-8-7-22)11-18(17)23-12-24-21;1-16-9-4-7-8(14-6-15-11(7)13)5-10(9)17-3-2-12/h3,5-6,9-12H,4,7-8H2,1-2H3;4-6H,2-3H2,1H3. The lowest BCUT2D eigenvalue weighted by Crippen LogP contribution is -2.01. The number of hydrogen-bond acceptors (Lipinski definition) is 9. The average molecular weight is 656 g/mol. The Bertz CT molecular complexity index is 1820. The number of nitrogens with zero attached hydrogens (tertiary/aromatic N) is 4. The predicted molar refractivity (Wildman–Crippen MR) is 173 cm³/mol. The van der Waals surface area contributed by atoms with Crippen molar-refractivity contribution in [3.63, 3.8) is 0 Å². The number of aromatic nitrogens is 4. The summed E-state index contributed by atoms with van der Waals surface area (Å²) in [5, 5.41) is 1.86. The summed E-state index contributed by atoms with van der Waals surface area (Å²) >= 11 is 17.3. The highest BCUT2D eigenvalue weighted by atomic mass is 35.5. The number of methoxy groups -OCH3 is 2. The minimum Gasteiger partial charge on any atom is -0.493 e. The van der Waals surface area contributed by atoms with Gasteiger partial charge in [-0.1, -0.05) is 23.7 Å². The fraction of sp³-hybridized carbons (Fsp3) is 0.250. The monoisotopic (exact) mass is 654 g/mol. The molecule has 0 saturated carbocycles. The Labute approximate surface area is 269 Å². The first-order valence-electron chi connectivity index (χ1n) is 13.6. The van der Waals surface area contributed by atoms with E-state index in [1.165, 1.54) is 29.4 Å². The van der Waals surface area contributed by atoms with Crippen LogP contribution in [0.3, 0.4) is 0 Å². The van der Waals surface area contributed by atoms with E-state index in [0.717, 1.165) is 22.9 Å². The van der Waals surface area contributed by atoms with Gasteiger partial charge in [-0.25, -0.2) is 19.9 Å². The molecule has 1 aliphatic carbocycles. The highest BCUT2D eigenvalue weighted by Gasteiger charge is 2.16. The first-order valence-corrected chi connectivity index (χ1v) is 15.1. The Hall–Kier alpha value is -4.05. The summed E-state index contributed by atoms with van der Waals surface area (Å²) < 4.78 is 27.9. The Morgan fingerprint density at radius 1 is 0.727 bits per heavy atom. The van der Waals surface area contributed by atoms with Gasteiger partial charge in [0.25, 0.3) is 0 Å². The van der Waals surface area contributed by atoms with Crippen LogP contribution < -0.4 is 23.7 Å². The number of fused-ring (bicyclic) bond motifs is 3. The maximum absolute atomic E-state index is 6.09. The molecular formula is C32H29Cl3N4O5. The Morgan fingerprint density at radius 3 is 1.98 bits per heavy atom. The molecule has 2 heterocycles. The normalized spacial score (nSPS) is 11.8. The SMILES string of the molecule is COc1cc2c(Cl)ncnc2cc1OCCCl.COc1cc2c(Oc3ccc4c(c3)C(C)=CC4)ncnc2cc1OCCCl. The fourth-order valence-corrected chi connectivity index (χ4v) is 4.99. The van der Waals surface area contributed by atoms with E-state index in [-0.39, 0.29) is 0 Å². The smallest absolute Gasteiger partial charge is 0.230 e. The van der Waals surface area contributed by atoms with E-state index in [0.29, 0.717) is 70.0 Å². The molecule has 0 bridgehead atoms. The molecule has 0 aliphatic heterocycles. The molecular weight excluding hydrogens is 627 g/mol. The summed E-state index contributed by atoms with van der Waals surface area (Å²) in [6, 6.07) is 13.3. The molecule has 0 saturated heterocycles. The van der Waals surface area contributed by atoms with Crippen LogP contribution in [-0.4, -0.2) is 59.1 Å². The predicted octanol–water partition coefficient (Wildman–Crippen LogP) is 7.92. The van der Waals surface area contributed by atoms with Gasteiger partial charge in [-0.05, 0) is 54.3 Å². The van der Waals surface area contributed by atoms with Crippen LogP contribution >= 0.6 is 34.8 Å². The van der Waals surface area contributed by atoms with Crippen molar-refractivity contribution >= 4 is 62.2 Å². The van der Waals surface area contributed by atoms with Gasteiger partial charge in [0.15, 0.2) is 23.0 Å². The third-order valence-electron chi connectivity index (χ3n) is 6.77. The Balaban J connectivity index is 0.000000195. The summed E-state index contributed by atoms with van der Waals surface area (Å²) in [5.74, 6) is 4.37. The largest absolute Gasteiger partial charge is 0.493 e. The van der Waals surface area contributed by atoms with E-state index in [1.807, 2.05) is 18.2 Å². The van der Waals surface area contributed by atoms with Crippen molar-refractivity contribution in [1.29, 1.82) is 0 Å². The van der Waals surface area contributed by atoms with Crippen molar-refractivity contribution in [3.8, 4) is 34.6 Å². The van der Waals surface area contributed by atoms with Crippen LogP contribution in [0.5, 0.6) is 34.6 Å². The van der Waals surface area contributed by atoms with Gasteiger partial charge in [0, 0.05) is 17.5 Å². The molecule has 0 spiro atoms. The number of ether oxygens (including phenoxy) is 5. The molecule has 0 atom stereocenters. The van der Waals surface area contributed by atoms with E-state index in [4.69, 9.17) is 58.5 Å². The number of rotatable bonds is 10. The molecule has 0 unspecified atom stereocenters. The van der Waals surface area contributed by atoms with Crippen molar-refractivity contribution in [2.24, 2.45) is 0 Å². The van der Waals surface area contributed by atoms with E-state index in [1.54, 1.807) is 26.4 Å². The van der Waals surface area contributed by atoms with Gasteiger partial charge in [0.05, 0.1) is 42.4 Å². The second kappa shape index (κ2) is 14.6. The molecule has 0 radical (unpaired) electrons. The third kappa shape index (κ3) is 7.01. The molecule has 228 valence electrons. The van der Waals surface area contributed by atoms with Crippen LogP contribution in [0, 0.1) is 0 Å². The van der Waals surface area contributed by atoms with Crippen molar-refractivity contribution in [2.45, 2.75) is 13.3 Å². The molecule has 2 aromatic heterocycles. The lowest BCUT2D eigenvalue weighted by molar-refractivity contribution is 0.313. The quantitative estimate of drug-likeness (QED) is 0.110. The number of hydrogen-bond donors (Lipinski definition) is 0. The van der Waals surface area contributed by atoms with Crippen LogP contribution in [0.25, 0.3) is 27.4 Å². The molecule has 5 aromatic rings. The van der Waals surface area contributed by atoms with Crippen LogP contribution in [0.4, 0.5) is 0 Å². The number of halogens is 3. The topological polar surface area (TPSA) is 97.7 Å². The van der Waals surface area contributed by atoms with E-state index >= 15 is 0 Å². The first kappa shape index (κ1) is 31.4. The number of alkyl halides is 2. The van der Waals surface area contributed by atoms with Gasteiger partial charge in [-0.2, -0.15) is 0 Å². The third-order valence-corrected chi connectivity index (χ3v) is 7.38. The molecule has 3 aromatic carbocycles. The molecule has 6 rings (SSSR count). The number of benzene rings is 3. The fourth-order valence-electron chi connectivity index (χ4n) is 4.64. The highest BCUT2D eigenvalue weighted by Crippen LogP contribution is 2.38. The minimum absolute atomic E-state index is 0.386. The molecule has 0 N–H and O–H groups in total. The van der Waals surface area contributed by atoms with Crippen LogP contribution in [0.1, 0.15) is 18.1 Å². The van der Waals surface area contributed by atoms with Crippen molar-refractivity contribution < 1.29 is 23.7 Å². The van der Waals surface area contributed by atoms with Gasteiger partial charge in [0.2, 0.25) is 5.88 Å². The number of allylic oxidation sites excluding steroid dienone is 2. The zero-order valence-electron chi connectivity index (χ0n) is 24.3. The van der Waals surface area contributed by atoms with E-state index < -0.39 is 0 Å². The lowest BCUT2D eigenvalue weighted by atomic mass is 10.1. The molecule has 0 fully saturated rings. The molecule has 0 amide bonds. The summed E-state index contributed by atoms with van der Waals surface area (Å²) in [6.07, 6.45) is 6.08. The zero-order valence-corrected chi connectivity index (χ0v) is 26.5. The summed E-state index contributed by atoms with van der Waals surface area (Å²) in [6.45, 7) is 2.91. The average Bonchev–Trinajstić information content (AvgIpc) is 3.42. The van der Waals surface area contributed by atoms with Crippen molar-refractivity contribution in [3.05, 3.63) is 77.5 Å². The highest BCUT2D eigenvalue weighted by molar-refractivity contribution is 6.34. The Morgan fingerprint density at radius 2 is 1.34 bits per heavy atom. The lowest BCUT2D eigenvalue weighted by Gasteiger charge is -2.13. The van der Waals surface area contributed by atoms with Crippen LogP contribution in [-0.2, 0) is 6.42 Å². The molecule has 9 nitrogen and oxygen atoms in total. The van der Waals surface area contributed by atoms with Gasteiger partial charge in [-0.3, -0.25) is 0 Å². The maximum Gasteiger partial charge on any atom is 0.230 e. The van der Waals surface area contributed by atoms with Gasteiger partial charge in [-0.15, -0.1) is 23.2 Å². The maximum atomic E-state index is 6.09. The van der Waals surface area contributed by atoms with E-state index in [2.05, 4.69) is 45.1 Å². The van der Waals surface area contributed by atoms with Gasteiger partial charge < -0.3 is 23.7 Å². The van der Waals surface area contributed by atoms with Crippen LogP contribution in [0.2, 0.25) is 5.15 Å². The molecule has 12 heteroatoms. The second-order valence-electron chi connectivity index (χ2n) is 9.47. The van der Waals surface area contributed by atoms with Gasteiger partial charge in [0.1, 0.15) is 36.8 Å². The first-order chi connectivity index (χ1) is 21.4. The summed E-state index contributed by atoms with van der Waals surface area (Å²) in [7, 11) is 3.15. The molecule has 1 aliphatic rings. The van der Waals surface area contributed by atoms with E-state index in [9.17, 15) is 0 Å².